The standard InChI is InChI=1S/C28H23F2N5O3/c1-38-18-7-9-22-19(13-18)16(15-31-22)10-11-34-27(37)25(35-24-5-3-2-4-23(24)33-28(34)35)14-26(36)32-17-6-8-20(29)21(30)12-17/h2-9,12-13,15,25,31H,10-11,14H2,1H3,(H,32,36)/t25-/m1/s1. The number of nitrogens with zero attached hydrogens (tertiary/aromatic N) is 3. The molecule has 2 aromatic heterocycles. The summed E-state index contributed by atoms with van der Waals surface area (Å²) in [5.74, 6) is -1.61. The fourth-order valence-electron chi connectivity index (χ4n) is 4.99. The topological polar surface area (TPSA) is 92.2 Å². The van der Waals surface area contributed by atoms with Crippen molar-refractivity contribution in [3.63, 3.8) is 0 Å². The Labute approximate surface area is 215 Å². The molecule has 5 aromatic rings. The molecule has 3 heterocycles. The molecular formula is C28H23F2N5O3. The number of ether oxygens (including phenoxy) is 1. The Kier molecular flexibility index (Phi) is 5.79. The van der Waals surface area contributed by atoms with Crippen LogP contribution >= 0.6 is 0 Å². The second kappa shape index (κ2) is 9.29. The lowest BCUT2D eigenvalue weighted by molar-refractivity contribution is -0.124. The van der Waals surface area contributed by atoms with Gasteiger partial charge >= 0.3 is 0 Å². The highest BCUT2D eigenvalue weighted by atomic mass is 19.2. The average molecular weight is 516 g/mol. The number of H-pyrrole nitrogens is 1. The summed E-state index contributed by atoms with van der Waals surface area (Å²) in [4.78, 5) is 36.1. The number of amides is 2. The number of imidazole rings is 1. The number of anilines is 2. The Morgan fingerprint density at radius 3 is 2.76 bits per heavy atom. The summed E-state index contributed by atoms with van der Waals surface area (Å²) in [5, 5.41) is 3.57. The second-order valence-corrected chi connectivity index (χ2v) is 9.13. The second-order valence-electron chi connectivity index (χ2n) is 9.13. The van der Waals surface area contributed by atoms with E-state index in [2.05, 4.69) is 10.3 Å². The number of aromatic amines is 1. The lowest BCUT2D eigenvalue weighted by Crippen LogP contribution is -2.33. The minimum absolute atomic E-state index is 0.113. The number of rotatable bonds is 7. The number of benzene rings is 3. The lowest BCUT2D eigenvalue weighted by Gasteiger charge is -2.16. The molecule has 1 aliphatic rings. The molecule has 0 radical (unpaired) electrons. The van der Waals surface area contributed by atoms with Gasteiger partial charge in [-0.15, -0.1) is 0 Å². The minimum Gasteiger partial charge on any atom is -0.497 e. The van der Waals surface area contributed by atoms with Crippen LogP contribution in [0.5, 0.6) is 5.75 Å². The van der Waals surface area contributed by atoms with E-state index in [1.54, 1.807) is 16.6 Å². The maximum atomic E-state index is 13.6. The third kappa shape index (κ3) is 4.03. The Balaban J connectivity index is 1.28. The van der Waals surface area contributed by atoms with Crippen LogP contribution in [0, 0.1) is 11.6 Å². The molecule has 2 N–H and O–H groups in total. The highest BCUT2D eigenvalue weighted by Gasteiger charge is 2.40. The van der Waals surface area contributed by atoms with Crippen molar-refractivity contribution in [2.45, 2.75) is 18.9 Å². The van der Waals surface area contributed by atoms with E-state index in [0.29, 0.717) is 24.4 Å². The number of methoxy groups -OCH3 is 1. The predicted octanol–water partition coefficient (Wildman–Crippen LogP) is 4.96. The van der Waals surface area contributed by atoms with Crippen molar-refractivity contribution in [2.75, 3.05) is 23.9 Å². The average Bonchev–Trinajstić information content (AvgIpc) is 3.57. The van der Waals surface area contributed by atoms with E-state index in [-0.39, 0.29) is 18.0 Å². The van der Waals surface area contributed by atoms with Crippen molar-refractivity contribution in [1.29, 1.82) is 0 Å². The molecule has 0 unspecified atom stereocenters. The number of fused-ring (bicyclic) bond motifs is 4. The van der Waals surface area contributed by atoms with E-state index in [9.17, 15) is 18.4 Å². The van der Waals surface area contributed by atoms with Crippen molar-refractivity contribution in [3.05, 3.63) is 84.1 Å². The quantitative estimate of drug-likeness (QED) is 0.320. The van der Waals surface area contributed by atoms with Crippen LogP contribution in [-0.4, -0.2) is 40.0 Å². The zero-order chi connectivity index (χ0) is 26.4. The molecule has 0 saturated heterocycles. The highest BCUT2D eigenvalue weighted by molar-refractivity contribution is 6.05. The first kappa shape index (κ1) is 23.7. The van der Waals surface area contributed by atoms with E-state index in [1.807, 2.05) is 48.7 Å². The highest BCUT2D eigenvalue weighted by Crippen LogP contribution is 2.37. The molecule has 6 rings (SSSR count). The van der Waals surface area contributed by atoms with E-state index in [0.717, 1.165) is 39.9 Å². The van der Waals surface area contributed by atoms with Crippen LogP contribution in [0.15, 0.2) is 66.9 Å². The molecule has 0 fully saturated rings. The van der Waals surface area contributed by atoms with Crippen LogP contribution in [0.1, 0.15) is 18.0 Å². The minimum atomic E-state index is -1.07. The Morgan fingerprint density at radius 1 is 1.11 bits per heavy atom. The molecular weight excluding hydrogens is 492 g/mol. The third-order valence-electron chi connectivity index (χ3n) is 6.84. The van der Waals surface area contributed by atoms with Gasteiger partial charge in [0.15, 0.2) is 11.6 Å². The van der Waals surface area contributed by atoms with Gasteiger partial charge in [0.1, 0.15) is 11.8 Å². The van der Waals surface area contributed by atoms with Gasteiger partial charge < -0.3 is 15.0 Å². The van der Waals surface area contributed by atoms with Gasteiger partial charge in [0.2, 0.25) is 11.9 Å². The Hall–Kier alpha value is -4.73. The summed E-state index contributed by atoms with van der Waals surface area (Å²) in [6, 6.07) is 15.5. The third-order valence-corrected chi connectivity index (χ3v) is 6.84. The number of nitrogens with one attached hydrogen (secondary N) is 2. The fraction of sp³-hybridized carbons (Fsp3) is 0.179. The van der Waals surface area contributed by atoms with Crippen LogP contribution in [0.4, 0.5) is 20.4 Å². The van der Waals surface area contributed by atoms with E-state index in [1.165, 1.54) is 6.07 Å². The first-order valence-electron chi connectivity index (χ1n) is 12.1. The zero-order valence-electron chi connectivity index (χ0n) is 20.4. The zero-order valence-corrected chi connectivity index (χ0v) is 20.4. The van der Waals surface area contributed by atoms with Crippen LogP contribution in [0.3, 0.4) is 0 Å². The molecule has 0 saturated carbocycles. The molecule has 10 heteroatoms. The number of hydrogen-bond donors (Lipinski definition) is 2. The van der Waals surface area contributed by atoms with Gasteiger partial charge in [0, 0.05) is 35.4 Å². The van der Waals surface area contributed by atoms with Gasteiger partial charge in [-0.1, -0.05) is 12.1 Å². The lowest BCUT2D eigenvalue weighted by atomic mass is 10.1. The molecule has 0 aliphatic carbocycles. The Bertz CT molecular complexity index is 1710. The van der Waals surface area contributed by atoms with E-state index >= 15 is 0 Å². The van der Waals surface area contributed by atoms with Gasteiger partial charge in [-0.2, -0.15) is 0 Å². The molecule has 3 aromatic carbocycles. The van der Waals surface area contributed by atoms with Gasteiger partial charge in [0.05, 0.1) is 24.6 Å². The van der Waals surface area contributed by atoms with Crippen molar-refractivity contribution >= 4 is 45.4 Å². The van der Waals surface area contributed by atoms with E-state index in [4.69, 9.17) is 9.72 Å². The molecule has 192 valence electrons. The smallest absolute Gasteiger partial charge is 0.253 e. The van der Waals surface area contributed by atoms with Crippen LogP contribution < -0.4 is 15.0 Å². The molecule has 2 amide bonds. The summed E-state index contributed by atoms with van der Waals surface area (Å²) in [6.07, 6.45) is 2.28. The summed E-state index contributed by atoms with van der Waals surface area (Å²) >= 11 is 0. The number of carbonyl (C=O) groups is 2. The summed E-state index contributed by atoms with van der Waals surface area (Å²) in [7, 11) is 1.61. The number of aromatic nitrogens is 3. The summed E-state index contributed by atoms with van der Waals surface area (Å²) < 4.78 is 34.0. The van der Waals surface area contributed by atoms with Gasteiger partial charge in [0.25, 0.3) is 5.91 Å². The SMILES string of the molecule is COc1ccc2[nH]cc(CCN3C(=O)[C@@H](CC(=O)Nc4ccc(F)c(F)c4)n4c3nc3ccccc34)c2c1. The number of carbonyl (C=O) groups excluding carboxylic acids is 2. The summed E-state index contributed by atoms with van der Waals surface area (Å²) in [6.45, 7) is 0.355. The molecule has 1 atom stereocenters. The molecule has 1 aliphatic heterocycles. The van der Waals surface area contributed by atoms with Crippen molar-refractivity contribution in [3.8, 4) is 5.75 Å². The summed E-state index contributed by atoms with van der Waals surface area (Å²) in [5.41, 5.74) is 3.55. The van der Waals surface area contributed by atoms with Crippen molar-refractivity contribution in [1.82, 2.24) is 14.5 Å². The van der Waals surface area contributed by atoms with Crippen molar-refractivity contribution < 1.29 is 23.1 Å². The number of hydrogen-bond acceptors (Lipinski definition) is 4. The number of halogens is 2. The van der Waals surface area contributed by atoms with Crippen molar-refractivity contribution in [2.24, 2.45) is 0 Å². The predicted molar refractivity (Wildman–Crippen MR) is 139 cm³/mol. The molecule has 0 spiro atoms. The maximum Gasteiger partial charge on any atom is 0.253 e. The normalized spacial score (nSPS) is 14.9. The Morgan fingerprint density at radius 2 is 1.95 bits per heavy atom. The number of para-hydroxylation sites is 2. The largest absolute Gasteiger partial charge is 0.497 e. The van der Waals surface area contributed by atoms with Crippen LogP contribution in [-0.2, 0) is 16.0 Å². The van der Waals surface area contributed by atoms with Crippen LogP contribution in [0.25, 0.3) is 21.9 Å². The van der Waals surface area contributed by atoms with E-state index < -0.39 is 23.6 Å². The molecule has 38 heavy (non-hydrogen) atoms. The molecule has 8 nitrogen and oxygen atoms in total. The fourth-order valence-corrected chi connectivity index (χ4v) is 4.99. The van der Waals surface area contributed by atoms with Gasteiger partial charge in [-0.3, -0.25) is 19.1 Å². The molecule has 0 bridgehead atoms. The van der Waals surface area contributed by atoms with Gasteiger partial charge in [-0.25, -0.2) is 13.8 Å². The van der Waals surface area contributed by atoms with Crippen LogP contribution in [0.2, 0.25) is 0 Å². The van der Waals surface area contributed by atoms with Gasteiger partial charge in [-0.05, 0) is 54.4 Å². The first-order chi connectivity index (χ1) is 18.4. The first-order valence-corrected chi connectivity index (χ1v) is 12.1. The monoisotopic (exact) mass is 515 g/mol. The maximum absolute atomic E-state index is 13.6.